The largest absolute Gasteiger partial charge is 0.370 e. The Balaban J connectivity index is 1.59. The standard InChI is InChI=1S/C14H19ClO/c1-14(11-16-14)10-4-2-3-5-12-6-8-13(15)9-7-12/h6-9H,2-5,10-11H2,1H3. The number of aryl methyl sites for hydroxylation is 1. The van der Waals surface area contributed by atoms with E-state index in [0.29, 0.717) is 0 Å². The normalized spacial score (nSPS) is 23.4. The minimum Gasteiger partial charge on any atom is -0.370 e. The topological polar surface area (TPSA) is 12.5 Å². The number of hydrogen-bond donors (Lipinski definition) is 0. The van der Waals surface area contributed by atoms with Crippen LogP contribution in [0.25, 0.3) is 0 Å². The molecule has 1 unspecified atom stereocenters. The molecule has 0 amide bonds. The van der Waals surface area contributed by atoms with E-state index in [2.05, 4.69) is 19.1 Å². The van der Waals surface area contributed by atoms with Gasteiger partial charge in [0.15, 0.2) is 0 Å². The van der Waals surface area contributed by atoms with Crippen LogP contribution in [0.5, 0.6) is 0 Å². The minimum absolute atomic E-state index is 0.236. The van der Waals surface area contributed by atoms with Crippen molar-refractivity contribution in [2.75, 3.05) is 6.61 Å². The van der Waals surface area contributed by atoms with E-state index in [1.54, 1.807) is 0 Å². The first-order valence-electron chi connectivity index (χ1n) is 6.06. The van der Waals surface area contributed by atoms with Crippen molar-refractivity contribution in [2.45, 2.75) is 44.6 Å². The number of halogens is 1. The van der Waals surface area contributed by atoms with E-state index in [-0.39, 0.29) is 5.60 Å². The molecule has 1 aromatic rings. The van der Waals surface area contributed by atoms with Gasteiger partial charge in [0, 0.05) is 5.02 Å². The highest BCUT2D eigenvalue weighted by Gasteiger charge is 2.37. The van der Waals surface area contributed by atoms with Crippen LogP contribution < -0.4 is 0 Å². The average molecular weight is 239 g/mol. The summed E-state index contributed by atoms with van der Waals surface area (Å²) in [5.41, 5.74) is 1.62. The fourth-order valence-electron chi connectivity index (χ4n) is 1.92. The van der Waals surface area contributed by atoms with Crippen molar-refractivity contribution in [3.63, 3.8) is 0 Å². The summed E-state index contributed by atoms with van der Waals surface area (Å²) >= 11 is 5.84. The Morgan fingerprint density at radius 1 is 1.19 bits per heavy atom. The van der Waals surface area contributed by atoms with Gasteiger partial charge in [0.1, 0.15) is 0 Å². The quantitative estimate of drug-likeness (QED) is 0.534. The van der Waals surface area contributed by atoms with Gasteiger partial charge in [-0.25, -0.2) is 0 Å². The van der Waals surface area contributed by atoms with Gasteiger partial charge in [-0.05, 0) is 43.9 Å². The fourth-order valence-corrected chi connectivity index (χ4v) is 2.05. The molecule has 16 heavy (non-hydrogen) atoms. The van der Waals surface area contributed by atoms with E-state index in [9.17, 15) is 0 Å². The lowest BCUT2D eigenvalue weighted by molar-refractivity contribution is 0.301. The van der Waals surface area contributed by atoms with Crippen LogP contribution in [0.3, 0.4) is 0 Å². The van der Waals surface area contributed by atoms with Gasteiger partial charge in [-0.3, -0.25) is 0 Å². The van der Waals surface area contributed by atoms with Crippen LogP contribution >= 0.6 is 11.6 Å². The minimum atomic E-state index is 0.236. The first kappa shape index (κ1) is 11.9. The lowest BCUT2D eigenvalue weighted by atomic mass is 10.0. The number of ether oxygens (including phenoxy) is 1. The first-order valence-corrected chi connectivity index (χ1v) is 6.44. The highest BCUT2D eigenvalue weighted by molar-refractivity contribution is 6.30. The van der Waals surface area contributed by atoms with E-state index in [4.69, 9.17) is 16.3 Å². The number of unbranched alkanes of at least 4 members (excludes halogenated alkanes) is 2. The molecule has 1 saturated heterocycles. The summed E-state index contributed by atoms with van der Waals surface area (Å²) in [5, 5.41) is 0.822. The maximum absolute atomic E-state index is 5.84. The fraction of sp³-hybridized carbons (Fsp3) is 0.571. The molecule has 0 saturated carbocycles. The van der Waals surface area contributed by atoms with Crippen molar-refractivity contribution in [3.05, 3.63) is 34.9 Å². The smallest absolute Gasteiger partial charge is 0.0888 e. The zero-order valence-corrected chi connectivity index (χ0v) is 10.6. The summed E-state index contributed by atoms with van der Waals surface area (Å²) in [4.78, 5) is 0. The molecule has 0 radical (unpaired) electrons. The van der Waals surface area contributed by atoms with Gasteiger partial charge in [0.2, 0.25) is 0 Å². The van der Waals surface area contributed by atoms with E-state index < -0.39 is 0 Å². The maximum Gasteiger partial charge on any atom is 0.0888 e. The Labute approximate surface area is 103 Å². The van der Waals surface area contributed by atoms with E-state index in [0.717, 1.165) is 18.1 Å². The molecule has 1 heterocycles. The highest BCUT2D eigenvalue weighted by atomic mass is 35.5. The van der Waals surface area contributed by atoms with E-state index in [1.165, 1.54) is 31.2 Å². The molecule has 0 N–H and O–H groups in total. The lowest BCUT2D eigenvalue weighted by Gasteiger charge is -2.05. The van der Waals surface area contributed by atoms with E-state index >= 15 is 0 Å². The van der Waals surface area contributed by atoms with Crippen molar-refractivity contribution in [3.8, 4) is 0 Å². The van der Waals surface area contributed by atoms with Gasteiger partial charge in [-0.1, -0.05) is 36.6 Å². The molecule has 1 aliphatic heterocycles. The number of rotatable bonds is 6. The molecule has 0 spiro atoms. The van der Waals surface area contributed by atoms with Gasteiger partial charge >= 0.3 is 0 Å². The zero-order valence-electron chi connectivity index (χ0n) is 9.84. The molecule has 1 aliphatic rings. The second kappa shape index (κ2) is 5.20. The predicted molar refractivity (Wildman–Crippen MR) is 68.0 cm³/mol. The van der Waals surface area contributed by atoms with Crippen molar-refractivity contribution < 1.29 is 4.74 Å². The summed E-state index contributed by atoms with van der Waals surface area (Å²) < 4.78 is 5.36. The molecule has 1 nitrogen and oxygen atoms in total. The van der Waals surface area contributed by atoms with Crippen LogP contribution in [0.4, 0.5) is 0 Å². The molecule has 2 rings (SSSR count). The van der Waals surface area contributed by atoms with Gasteiger partial charge in [-0.2, -0.15) is 0 Å². The predicted octanol–water partition coefficient (Wildman–Crippen LogP) is 4.23. The van der Waals surface area contributed by atoms with Gasteiger partial charge in [-0.15, -0.1) is 0 Å². The Morgan fingerprint density at radius 3 is 2.50 bits per heavy atom. The van der Waals surface area contributed by atoms with Crippen LogP contribution in [0.1, 0.15) is 38.2 Å². The summed E-state index contributed by atoms with van der Waals surface area (Å²) in [6.45, 7) is 3.16. The van der Waals surface area contributed by atoms with Gasteiger partial charge < -0.3 is 4.74 Å². The van der Waals surface area contributed by atoms with Crippen LogP contribution in [-0.4, -0.2) is 12.2 Å². The first-order chi connectivity index (χ1) is 7.68. The van der Waals surface area contributed by atoms with Crippen LogP contribution in [0, 0.1) is 0 Å². The molecule has 0 aromatic heterocycles. The molecule has 2 heteroatoms. The summed E-state index contributed by atoms with van der Waals surface area (Å²) in [7, 11) is 0. The third-order valence-corrected chi connectivity index (χ3v) is 3.47. The molecule has 1 aromatic carbocycles. The molecular formula is C14H19ClO. The van der Waals surface area contributed by atoms with Crippen molar-refractivity contribution >= 4 is 11.6 Å². The summed E-state index contributed by atoms with van der Waals surface area (Å²) in [6, 6.07) is 8.17. The molecular weight excluding hydrogens is 220 g/mol. The Bertz CT molecular complexity index is 327. The van der Waals surface area contributed by atoms with Crippen LogP contribution in [0.15, 0.2) is 24.3 Å². The van der Waals surface area contributed by atoms with Gasteiger partial charge in [0.05, 0.1) is 12.2 Å². The van der Waals surface area contributed by atoms with Gasteiger partial charge in [0.25, 0.3) is 0 Å². The van der Waals surface area contributed by atoms with Crippen LogP contribution in [0.2, 0.25) is 5.02 Å². The second-order valence-electron chi connectivity index (χ2n) is 4.93. The highest BCUT2D eigenvalue weighted by Crippen LogP contribution is 2.31. The maximum atomic E-state index is 5.84. The Morgan fingerprint density at radius 2 is 1.88 bits per heavy atom. The van der Waals surface area contributed by atoms with Crippen molar-refractivity contribution in [2.24, 2.45) is 0 Å². The third kappa shape index (κ3) is 3.80. The molecule has 0 aliphatic carbocycles. The second-order valence-corrected chi connectivity index (χ2v) is 5.36. The van der Waals surface area contributed by atoms with E-state index in [1.807, 2.05) is 12.1 Å². The third-order valence-electron chi connectivity index (χ3n) is 3.22. The van der Waals surface area contributed by atoms with Crippen molar-refractivity contribution in [1.29, 1.82) is 0 Å². The molecule has 1 atom stereocenters. The van der Waals surface area contributed by atoms with Crippen molar-refractivity contribution in [1.82, 2.24) is 0 Å². The summed E-state index contributed by atoms with van der Waals surface area (Å²) in [6.07, 6.45) is 6.21. The monoisotopic (exact) mass is 238 g/mol. The lowest BCUT2D eigenvalue weighted by Crippen LogP contribution is -2.03. The Kier molecular flexibility index (Phi) is 3.88. The summed E-state index contributed by atoms with van der Waals surface area (Å²) in [5.74, 6) is 0. The average Bonchev–Trinajstić information content (AvgIpc) is 2.99. The molecule has 0 bridgehead atoms. The Hall–Kier alpha value is -0.530. The number of epoxide rings is 1. The SMILES string of the molecule is CC1(CCCCCc2ccc(Cl)cc2)CO1. The van der Waals surface area contributed by atoms with Crippen LogP contribution in [-0.2, 0) is 11.2 Å². The number of benzene rings is 1. The number of hydrogen-bond acceptors (Lipinski definition) is 1. The molecule has 1 fully saturated rings. The molecule has 88 valence electrons. The zero-order chi connectivity index (χ0) is 11.4.